The molecule has 0 fully saturated rings. The third-order valence-electron chi connectivity index (χ3n) is 4.62. The van der Waals surface area contributed by atoms with Crippen LogP contribution in [0.2, 0.25) is 0 Å². The van der Waals surface area contributed by atoms with E-state index in [4.69, 9.17) is 9.15 Å². The minimum absolute atomic E-state index is 0.260. The predicted molar refractivity (Wildman–Crippen MR) is 114 cm³/mol. The fraction of sp³-hybridized carbons (Fsp3) is 0.0870. The van der Waals surface area contributed by atoms with Crippen molar-refractivity contribution in [2.24, 2.45) is 0 Å². The summed E-state index contributed by atoms with van der Waals surface area (Å²) in [6.07, 6.45) is 3.11. The molecule has 2 heterocycles. The molecule has 4 aromatic rings. The largest absolute Gasteiger partial charge is 0.497 e. The van der Waals surface area contributed by atoms with E-state index in [0.717, 1.165) is 0 Å². The minimum Gasteiger partial charge on any atom is -0.497 e. The predicted octanol–water partition coefficient (Wildman–Crippen LogP) is 4.65. The van der Waals surface area contributed by atoms with Crippen LogP contribution in [0.3, 0.4) is 0 Å². The van der Waals surface area contributed by atoms with Crippen molar-refractivity contribution < 1.29 is 18.7 Å². The van der Waals surface area contributed by atoms with Crippen LogP contribution in [0, 0.1) is 6.92 Å². The highest BCUT2D eigenvalue weighted by atomic mass is 16.5. The highest BCUT2D eigenvalue weighted by Gasteiger charge is 2.19. The minimum atomic E-state index is -0.308. The summed E-state index contributed by atoms with van der Waals surface area (Å²) in [5.41, 5.74) is 2.65. The van der Waals surface area contributed by atoms with Crippen molar-refractivity contribution in [3.05, 3.63) is 83.9 Å². The van der Waals surface area contributed by atoms with E-state index in [9.17, 15) is 9.59 Å². The number of benzene rings is 2. The van der Waals surface area contributed by atoms with Gasteiger partial charge in [0.25, 0.3) is 11.8 Å². The molecule has 0 spiro atoms. The second-order valence-corrected chi connectivity index (χ2v) is 6.62. The lowest BCUT2D eigenvalue weighted by atomic mass is 10.1. The highest BCUT2D eigenvalue weighted by molar-refractivity contribution is 6.13. The summed E-state index contributed by atoms with van der Waals surface area (Å²) in [6, 6.07) is 15.5. The maximum absolute atomic E-state index is 13.0. The Balaban J connectivity index is 1.56. The first-order valence-corrected chi connectivity index (χ1v) is 9.25. The molecular formula is C23H19N3O4. The maximum Gasteiger partial charge on any atom is 0.259 e. The van der Waals surface area contributed by atoms with Crippen LogP contribution in [0.15, 0.2) is 71.4 Å². The standard InChI is InChI=1S/C23H19N3O4/c1-14-21(19-13-18(29-2)6-7-20(19)30-14)23(28)26-17-5-3-4-16(12-17)25-22(27)15-8-10-24-11-9-15/h3-13H,1-2H3,(H,25,27)(H,26,28). The van der Waals surface area contributed by atoms with Gasteiger partial charge in [-0.15, -0.1) is 0 Å². The van der Waals surface area contributed by atoms with E-state index < -0.39 is 0 Å². The molecule has 0 saturated carbocycles. The lowest BCUT2D eigenvalue weighted by Crippen LogP contribution is -2.14. The molecule has 7 heteroatoms. The van der Waals surface area contributed by atoms with Crippen LogP contribution < -0.4 is 15.4 Å². The molecule has 0 bridgehead atoms. The van der Waals surface area contributed by atoms with Gasteiger partial charge in [0, 0.05) is 34.7 Å². The lowest BCUT2D eigenvalue weighted by molar-refractivity contribution is 0.101. The van der Waals surface area contributed by atoms with Gasteiger partial charge < -0.3 is 19.8 Å². The Morgan fingerprint density at radius 1 is 0.933 bits per heavy atom. The fourth-order valence-corrected chi connectivity index (χ4v) is 3.18. The number of ether oxygens (including phenoxy) is 1. The maximum atomic E-state index is 13.0. The number of aromatic nitrogens is 1. The van der Waals surface area contributed by atoms with Gasteiger partial charge in [0.2, 0.25) is 0 Å². The van der Waals surface area contributed by atoms with Crippen LogP contribution in [0.25, 0.3) is 11.0 Å². The van der Waals surface area contributed by atoms with Crippen molar-refractivity contribution in [1.82, 2.24) is 4.98 Å². The molecule has 0 saturated heterocycles. The number of methoxy groups -OCH3 is 1. The van der Waals surface area contributed by atoms with Crippen molar-refractivity contribution in [3.8, 4) is 5.75 Å². The topological polar surface area (TPSA) is 93.5 Å². The molecule has 0 radical (unpaired) electrons. The highest BCUT2D eigenvalue weighted by Crippen LogP contribution is 2.30. The van der Waals surface area contributed by atoms with Gasteiger partial charge in [0.1, 0.15) is 17.1 Å². The monoisotopic (exact) mass is 401 g/mol. The molecule has 30 heavy (non-hydrogen) atoms. The average Bonchev–Trinajstić information content (AvgIpc) is 3.09. The van der Waals surface area contributed by atoms with E-state index >= 15 is 0 Å². The number of rotatable bonds is 5. The molecule has 150 valence electrons. The zero-order valence-electron chi connectivity index (χ0n) is 16.4. The molecule has 0 atom stereocenters. The second-order valence-electron chi connectivity index (χ2n) is 6.62. The zero-order valence-corrected chi connectivity index (χ0v) is 16.4. The molecular weight excluding hydrogens is 382 g/mol. The summed E-state index contributed by atoms with van der Waals surface area (Å²) >= 11 is 0. The van der Waals surface area contributed by atoms with Crippen LogP contribution in [0.1, 0.15) is 26.5 Å². The smallest absolute Gasteiger partial charge is 0.259 e. The quantitative estimate of drug-likeness (QED) is 0.508. The normalized spacial score (nSPS) is 10.6. The summed E-state index contributed by atoms with van der Waals surface area (Å²) in [7, 11) is 1.57. The molecule has 4 rings (SSSR count). The fourth-order valence-electron chi connectivity index (χ4n) is 3.18. The number of aryl methyl sites for hydroxylation is 1. The Labute approximate surface area is 172 Å². The van der Waals surface area contributed by atoms with Crippen LogP contribution in [-0.2, 0) is 0 Å². The number of anilines is 2. The number of amides is 2. The van der Waals surface area contributed by atoms with Gasteiger partial charge in [-0.3, -0.25) is 14.6 Å². The van der Waals surface area contributed by atoms with Crippen LogP contribution in [0.5, 0.6) is 5.75 Å². The molecule has 2 amide bonds. The van der Waals surface area contributed by atoms with Crippen molar-refractivity contribution in [2.75, 3.05) is 17.7 Å². The lowest BCUT2D eigenvalue weighted by Gasteiger charge is -2.09. The molecule has 2 N–H and O–H groups in total. The van der Waals surface area contributed by atoms with Gasteiger partial charge in [0.05, 0.1) is 12.7 Å². The molecule has 2 aromatic carbocycles. The van der Waals surface area contributed by atoms with E-state index in [0.29, 0.717) is 45.0 Å². The van der Waals surface area contributed by atoms with Gasteiger partial charge >= 0.3 is 0 Å². The van der Waals surface area contributed by atoms with E-state index in [1.807, 2.05) is 0 Å². The summed E-state index contributed by atoms with van der Waals surface area (Å²) in [5.74, 6) is 0.581. The van der Waals surface area contributed by atoms with E-state index in [1.165, 1.54) is 0 Å². The average molecular weight is 401 g/mol. The van der Waals surface area contributed by atoms with Gasteiger partial charge in [-0.05, 0) is 55.5 Å². The van der Waals surface area contributed by atoms with Crippen LogP contribution >= 0.6 is 0 Å². The SMILES string of the molecule is COc1ccc2oc(C)c(C(=O)Nc3cccc(NC(=O)c4ccncc4)c3)c2c1. The first kappa shape index (κ1) is 19.2. The van der Waals surface area contributed by atoms with Crippen molar-refractivity contribution in [1.29, 1.82) is 0 Å². The Kier molecular flexibility index (Phi) is 5.17. The molecule has 0 aliphatic rings. The number of carbonyl (C=O) groups excluding carboxylic acids is 2. The summed E-state index contributed by atoms with van der Waals surface area (Å²) in [6.45, 7) is 1.74. The third kappa shape index (κ3) is 3.86. The third-order valence-corrected chi connectivity index (χ3v) is 4.62. The number of carbonyl (C=O) groups is 2. The summed E-state index contributed by atoms with van der Waals surface area (Å²) in [5, 5.41) is 6.35. The van der Waals surface area contributed by atoms with Crippen LogP contribution in [-0.4, -0.2) is 23.9 Å². The first-order valence-electron chi connectivity index (χ1n) is 9.25. The number of furan rings is 1. The van der Waals surface area contributed by atoms with Crippen molar-refractivity contribution in [2.45, 2.75) is 6.92 Å². The van der Waals surface area contributed by atoms with E-state index in [-0.39, 0.29) is 11.8 Å². The number of nitrogens with one attached hydrogen (secondary N) is 2. The number of nitrogens with zero attached hydrogens (tertiary/aromatic N) is 1. The van der Waals surface area contributed by atoms with E-state index in [1.54, 1.807) is 81.0 Å². The summed E-state index contributed by atoms with van der Waals surface area (Å²) in [4.78, 5) is 29.2. The molecule has 7 nitrogen and oxygen atoms in total. The number of hydrogen-bond acceptors (Lipinski definition) is 5. The Morgan fingerprint density at radius 2 is 1.63 bits per heavy atom. The summed E-state index contributed by atoms with van der Waals surface area (Å²) < 4.78 is 11.0. The van der Waals surface area contributed by atoms with E-state index in [2.05, 4.69) is 15.6 Å². The number of fused-ring (bicyclic) bond motifs is 1. The van der Waals surface area contributed by atoms with Gasteiger partial charge in [-0.25, -0.2) is 0 Å². The first-order chi connectivity index (χ1) is 14.5. The zero-order chi connectivity index (χ0) is 21.1. The van der Waals surface area contributed by atoms with Gasteiger partial charge in [-0.2, -0.15) is 0 Å². The Bertz CT molecular complexity index is 1230. The molecule has 0 aliphatic heterocycles. The van der Waals surface area contributed by atoms with Crippen molar-refractivity contribution >= 4 is 34.2 Å². The molecule has 0 unspecified atom stereocenters. The number of hydrogen-bond donors (Lipinski definition) is 2. The molecule has 0 aliphatic carbocycles. The van der Waals surface area contributed by atoms with Crippen molar-refractivity contribution in [3.63, 3.8) is 0 Å². The molecule has 2 aromatic heterocycles. The van der Waals surface area contributed by atoms with Gasteiger partial charge in [-0.1, -0.05) is 6.07 Å². The van der Waals surface area contributed by atoms with Crippen LogP contribution in [0.4, 0.5) is 11.4 Å². The van der Waals surface area contributed by atoms with Gasteiger partial charge in [0.15, 0.2) is 0 Å². The number of pyridine rings is 1. The Morgan fingerprint density at radius 3 is 2.33 bits per heavy atom. The second kappa shape index (κ2) is 8.08. The Hall–Kier alpha value is -4.13.